The molecule has 1 unspecified atom stereocenters. The fraction of sp³-hybridized carbons (Fsp3) is 1.00. The topological polar surface area (TPSA) is 9.23 Å². The van der Waals surface area contributed by atoms with Gasteiger partial charge in [-0.15, -0.1) is 0 Å². The van der Waals surface area contributed by atoms with Gasteiger partial charge in [0, 0.05) is 6.61 Å². The molecule has 0 bridgehead atoms. The first-order valence-electron chi connectivity index (χ1n) is 3.85. The van der Waals surface area contributed by atoms with E-state index in [4.69, 9.17) is 4.74 Å². The van der Waals surface area contributed by atoms with Crippen LogP contribution in [-0.4, -0.2) is 13.2 Å². The van der Waals surface area contributed by atoms with Crippen LogP contribution < -0.4 is 0 Å². The summed E-state index contributed by atoms with van der Waals surface area (Å²) in [6, 6.07) is 0. The van der Waals surface area contributed by atoms with Crippen LogP contribution in [0, 0.1) is 5.41 Å². The van der Waals surface area contributed by atoms with Crippen LogP contribution in [0.15, 0.2) is 0 Å². The number of hydrogen-bond donors (Lipinski definition) is 0. The number of hydrogen-bond acceptors (Lipinski definition) is 1. The van der Waals surface area contributed by atoms with E-state index in [2.05, 4.69) is 13.8 Å². The van der Waals surface area contributed by atoms with Gasteiger partial charge in [0.25, 0.3) is 0 Å². The standard InChI is InChI=1S/C8H16O/c1-3-8(2)5-4-6-9-7-8/h3-7H2,1-2H3. The van der Waals surface area contributed by atoms with Gasteiger partial charge in [-0.25, -0.2) is 0 Å². The first-order chi connectivity index (χ1) is 4.27. The zero-order valence-corrected chi connectivity index (χ0v) is 6.44. The molecular weight excluding hydrogens is 112 g/mol. The third-order valence-electron chi connectivity index (χ3n) is 2.37. The minimum atomic E-state index is 0.498. The van der Waals surface area contributed by atoms with Crippen molar-refractivity contribution in [1.29, 1.82) is 0 Å². The van der Waals surface area contributed by atoms with E-state index in [1.807, 2.05) is 0 Å². The molecule has 9 heavy (non-hydrogen) atoms. The van der Waals surface area contributed by atoms with Gasteiger partial charge in [-0.2, -0.15) is 0 Å². The molecule has 1 heteroatoms. The van der Waals surface area contributed by atoms with Crippen molar-refractivity contribution in [2.75, 3.05) is 13.2 Å². The molecule has 1 aliphatic rings. The van der Waals surface area contributed by atoms with Crippen molar-refractivity contribution < 1.29 is 4.74 Å². The third-order valence-corrected chi connectivity index (χ3v) is 2.37. The first kappa shape index (κ1) is 7.07. The van der Waals surface area contributed by atoms with Crippen LogP contribution in [0.25, 0.3) is 0 Å². The average Bonchev–Trinajstić information content (AvgIpc) is 1.90. The molecule has 1 atom stereocenters. The second kappa shape index (κ2) is 2.70. The van der Waals surface area contributed by atoms with E-state index in [0.717, 1.165) is 13.2 Å². The molecule has 0 aromatic carbocycles. The van der Waals surface area contributed by atoms with Crippen molar-refractivity contribution in [3.63, 3.8) is 0 Å². The molecule has 0 aromatic rings. The summed E-state index contributed by atoms with van der Waals surface area (Å²) in [6.45, 7) is 6.51. The van der Waals surface area contributed by atoms with Crippen molar-refractivity contribution in [2.45, 2.75) is 33.1 Å². The molecule has 1 saturated heterocycles. The molecule has 1 aliphatic heterocycles. The molecule has 0 radical (unpaired) electrons. The Balaban J connectivity index is 2.37. The van der Waals surface area contributed by atoms with Crippen molar-refractivity contribution in [2.24, 2.45) is 5.41 Å². The maximum Gasteiger partial charge on any atom is 0.0519 e. The number of ether oxygens (including phenoxy) is 1. The molecule has 0 amide bonds. The van der Waals surface area contributed by atoms with Crippen LogP contribution in [0.2, 0.25) is 0 Å². The lowest BCUT2D eigenvalue weighted by Gasteiger charge is -2.31. The highest BCUT2D eigenvalue weighted by Gasteiger charge is 2.24. The molecule has 1 nitrogen and oxygen atoms in total. The van der Waals surface area contributed by atoms with Gasteiger partial charge in [0.1, 0.15) is 0 Å². The summed E-state index contributed by atoms with van der Waals surface area (Å²) in [7, 11) is 0. The fourth-order valence-electron chi connectivity index (χ4n) is 1.27. The van der Waals surface area contributed by atoms with Crippen LogP contribution in [-0.2, 0) is 4.74 Å². The van der Waals surface area contributed by atoms with Crippen molar-refractivity contribution >= 4 is 0 Å². The third kappa shape index (κ3) is 1.68. The molecule has 1 heterocycles. The van der Waals surface area contributed by atoms with Crippen molar-refractivity contribution in [1.82, 2.24) is 0 Å². The van der Waals surface area contributed by atoms with E-state index in [9.17, 15) is 0 Å². The molecule has 0 spiro atoms. The minimum Gasteiger partial charge on any atom is -0.381 e. The summed E-state index contributed by atoms with van der Waals surface area (Å²) in [5.41, 5.74) is 0.498. The summed E-state index contributed by atoms with van der Waals surface area (Å²) >= 11 is 0. The summed E-state index contributed by atoms with van der Waals surface area (Å²) < 4.78 is 5.38. The van der Waals surface area contributed by atoms with Crippen LogP contribution in [0.4, 0.5) is 0 Å². The van der Waals surface area contributed by atoms with E-state index in [-0.39, 0.29) is 0 Å². The van der Waals surface area contributed by atoms with Gasteiger partial charge in [0.05, 0.1) is 6.61 Å². The van der Waals surface area contributed by atoms with E-state index in [1.165, 1.54) is 19.3 Å². The maximum atomic E-state index is 5.38. The molecule has 1 fully saturated rings. The van der Waals surface area contributed by atoms with Crippen LogP contribution in [0.5, 0.6) is 0 Å². The fourth-order valence-corrected chi connectivity index (χ4v) is 1.27. The Hall–Kier alpha value is -0.0400. The quantitative estimate of drug-likeness (QED) is 0.526. The zero-order chi connectivity index (χ0) is 6.74. The lowest BCUT2D eigenvalue weighted by molar-refractivity contribution is 0.000642. The molecule has 1 rings (SSSR count). The Morgan fingerprint density at radius 2 is 2.33 bits per heavy atom. The van der Waals surface area contributed by atoms with Crippen LogP contribution >= 0.6 is 0 Å². The van der Waals surface area contributed by atoms with Crippen molar-refractivity contribution in [3.8, 4) is 0 Å². The Morgan fingerprint density at radius 3 is 2.67 bits per heavy atom. The Bertz CT molecular complexity index is 82.6. The molecule has 0 aromatic heterocycles. The summed E-state index contributed by atoms with van der Waals surface area (Å²) in [5.74, 6) is 0. The van der Waals surface area contributed by atoms with Crippen LogP contribution in [0.3, 0.4) is 0 Å². The van der Waals surface area contributed by atoms with Gasteiger partial charge in [-0.3, -0.25) is 0 Å². The highest BCUT2D eigenvalue weighted by Crippen LogP contribution is 2.30. The Morgan fingerprint density at radius 1 is 1.56 bits per heavy atom. The van der Waals surface area contributed by atoms with E-state index in [0.29, 0.717) is 5.41 Å². The maximum absolute atomic E-state index is 5.38. The minimum absolute atomic E-state index is 0.498. The van der Waals surface area contributed by atoms with Gasteiger partial charge in [-0.1, -0.05) is 13.8 Å². The zero-order valence-electron chi connectivity index (χ0n) is 6.44. The molecule has 0 aliphatic carbocycles. The summed E-state index contributed by atoms with van der Waals surface area (Å²) in [4.78, 5) is 0. The summed E-state index contributed by atoms with van der Waals surface area (Å²) in [6.07, 6.45) is 3.86. The molecule has 0 saturated carbocycles. The Labute approximate surface area is 57.4 Å². The smallest absolute Gasteiger partial charge is 0.0519 e. The average molecular weight is 128 g/mol. The Kier molecular flexibility index (Phi) is 2.12. The SMILES string of the molecule is CCC1(C)CCCOC1. The van der Waals surface area contributed by atoms with E-state index >= 15 is 0 Å². The van der Waals surface area contributed by atoms with Gasteiger partial charge in [-0.05, 0) is 24.7 Å². The summed E-state index contributed by atoms with van der Waals surface area (Å²) in [5, 5.41) is 0. The highest BCUT2D eigenvalue weighted by atomic mass is 16.5. The first-order valence-corrected chi connectivity index (χ1v) is 3.85. The predicted molar refractivity (Wildman–Crippen MR) is 38.5 cm³/mol. The second-order valence-electron chi connectivity index (χ2n) is 3.32. The van der Waals surface area contributed by atoms with Crippen molar-refractivity contribution in [3.05, 3.63) is 0 Å². The van der Waals surface area contributed by atoms with E-state index < -0.39 is 0 Å². The van der Waals surface area contributed by atoms with Gasteiger partial charge >= 0.3 is 0 Å². The predicted octanol–water partition coefficient (Wildman–Crippen LogP) is 2.21. The number of rotatable bonds is 1. The van der Waals surface area contributed by atoms with Gasteiger partial charge in [0.15, 0.2) is 0 Å². The molecule has 54 valence electrons. The van der Waals surface area contributed by atoms with Gasteiger partial charge in [0.2, 0.25) is 0 Å². The lowest BCUT2D eigenvalue weighted by atomic mass is 9.82. The second-order valence-corrected chi connectivity index (χ2v) is 3.32. The molecular formula is C8H16O. The lowest BCUT2D eigenvalue weighted by Crippen LogP contribution is -2.27. The highest BCUT2D eigenvalue weighted by molar-refractivity contribution is 4.74. The largest absolute Gasteiger partial charge is 0.381 e. The normalized spacial score (nSPS) is 36.7. The van der Waals surface area contributed by atoms with Gasteiger partial charge < -0.3 is 4.74 Å². The molecule has 0 N–H and O–H groups in total. The van der Waals surface area contributed by atoms with Crippen LogP contribution in [0.1, 0.15) is 33.1 Å². The monoisotopic (exact) mass is 128 g/mol. The van der Waals surface area contributed by atoms with E-state index in [1.54, 1.807) is 0 Å².